The zero-order valence-corrected chi connectivity index (χ0v) is 9.78. The summed E-state index contributed by atoms with van der Waals surface area (Å²) in [7, 11) is -0.998. The zero-order valence-electron chi connectivity index (χ0n) is 8.97. The Balaban J connectivity index is 2.94. The van der Waals surface area contributed by atoms with Gasteiger partial charge in [0.15, 0.2) is 15.6 Å². The largest absolute Gasteiger partial charge is 0.497 e. The number of carbonyl (C=O) groups is 1. The fourth-order valence-electron chi connectivity index (χ4n) is 1.08. The Morgan fingerprint density at radius 1 is 1.19 bits per heavy atom. The Labute approximate surface area is 93.9 Å². The van der Waals surface area contributed by atoms with E-state index < -0.39 is 21.6 Å². The molecule has 0 fully saturated rings. The number of methoxy groups -OCH3 is 2. The molecule has 0 bridgehead atoms. The molecule has 0 spiro atoms. The highest BCUT2D eigenvalue weighted by molar-refractivity contribution is 7.92. The first-order valence-electron chi connectivity index (χ1n) is 4.43. The quantitative estimate of drug-likeness (QED) is 0.727. The highest BCUT2D eigenvalue weighted by atomic mass is 32.2. The van der Waals surface area contributed by atoms with Crippen LogP contribution >= 0.6 is 0 Å². The molecule has 0 aliphatic rings. The SMILES string of the molecule is COC(=O)CS(=O)(=O)c1ccc(OC)cc1. The van der Waals surface area contributed by atoms with Crippen molar-refractivity contribution in [3.63, 3.8) is 0 Å². The summed E-state index contributed by atoms with van der Waals surface area (Å²) in [6.07, 6.45) is 0. The predicted molar refractivity (Wildman–Crippen MR) is 57.1 cm³/mol. The molecule has 16 heavy (non-hydrogen) atoms. The van der Waals surface area contributed by atoms with Gasteiger partial charge in [-0.25, -0.2) is 8.42 Å². The van der Waals surface area contributed by atoms with E-state index in [9.17, 15) is 13.2 Å². The molecule has 0 aliphatic carbocycles. The second-order valence-corrected chi connectivity index (χ2v) is 5.00. The molecule has 0 unspecified atom stereocenters. The summed E-state index contributed by atoms with van der Waals surface area (Å²) in [5, 5.41) is 0. The lowest BCUT2D eigenvalue weighted by Gasteiger charge is -2.04. The standard InChI is InChI=1S/C10H12O5S/c1-14-8-3-5-9(6-4-8)16(12,13)7-10(11)15-2/h3-6H,7H2,1-2H3. The first kappa shape index (κ1) is 12.5. The molecule has 5 nitrogen and oxygen atoms in total. The van der Waals surface area contributed by atoms with E-state index in [0.717, 1.165) is 7.11 Å². The lowest BCUT2D eigenvalue weighted by molar-refractivity contribution is -0.137. The third kappa shape index (κ3) is 2.96. The van der Waals surface area contributed by atoms with Crippen molar-refractivity contribution in [2.75, 3.05) is 20.0 Å². The Kier molecular flexibility index (Phi) is 3.89. The Bertz CT molecular complexity index is 460. The molecule has 88 valence electrons. The summed E-state index contributed by atoms with van der Waals surface area (Å²) in [6, 6.07) is 5.81. The van der Waals surface area contributed by atoms with Crippen LogP contribution in [-0.4, -0.2) is 34.4 Å². The number of hydrogen-bond donors (Lipinski definition) is 0. The lowest BCUT2D eigenvalue weighted by atomic mass is 10.3. The molecule has 1 aromatic carbocycles. The zero-order chi connectivity index (χ0) is 12.2. The van der Waals surface area contributed by atoms with Crippen molar-refractivity contribution in [3.05, 3.63) is 24.3 Å². The van der Waals surface area contributed by atoms with Crippen molar-refractivity contribution in [2.45, 2.75) is 4.90 Å². The molecule has 0 heterocycles. The van der Waals surface area contributed by atoms with Gasteiger partial charge in [0, 0.05) is 0 Å². The number of sulfone groups is 1. The molecule has 0 N–H and O–H groups in total. The fourth-order valence-corrected chi connectivity index (χ4v) is 2.23. The number of rotatable bonds is 4. The topological polar surface area (TPSA) is 69.7 Å². The molecule has 0 radical (unpaired) electrons. The van der Waals surface area contributed by atoms with E-state index in [1.807, 2.05) is 0 Å². The summed E-state index contributed by atoms with van der Waals surface area (Å²) < 4.78 is 32.5. The number of hydrogen-bond acceptors (Lipinski definition) is 5. The van der Waals surface area contributed by atoms with Crippen LogP contribution in [0.15, 0.2) is 29.2 Å². The maximum absolute atomic E-state index is 11.7. The Morgan fingerprint density at radius 3 is 2.19 bits per heavy atom. The van der Waals surface area contributed by atoms with Crippen LogP contribution in [0, 0.1) is 0 Å². The first-order chi connectivity index (χ1) is 7.49. The van der Waals surface area contributed by atoms with Gasteiger partial charge in [0.1, 0.15) is 5.75 Å². The average Bonchev–Trinajstić information content (AvgIpc) is 2.28. The van der Waals surface area contributed by atoms with Crippen LogP contribution in [0.25, 0.3) is 0 Å². The van der Waals surface area contributed by atoms with Gasteiger partial charge < -0.3 is 9.47 Å². The second-order valence-electron chi connectivity index (χ2n) is 3.01. The summed E-state index contributed by atoms with van der Waals surface area (Å²) >= 11 is 0. The van der Waals surface area contributed by atoms with Crippen LogP contribution in [0.2, 0.25) is 0 Å². The molecular weight excluding hydrogens is 232 g/mol. The van der Waals surface area contributed by atoms with E-state index >= 15 is 0 Å². The average molecular weight is 244 g/mol. The highest BCUT2D eigenvalue weighted by Crippen LogP contribution is 2.16. The van der Waals surface area contributed by atoms with E-state index in [-0.39, 0.29) is 4.90 Å². The van der Waals surface area contributed by atoms with Crippen LogP contribution in [0.5, 0.6) is 5.75 Å². The number of carbonyl (C=O) groups excluding carboxylic acids is 1. The molecule has 0 aliphatic heterocycles. The van der Waals surface area contributed by atoms with E-state index in [2.05, 4.69) is 4.74 Å². The van der Waals surface area contributed by atoms with E-state index in [4.69, 9.17) is 4.74 Å². The van der Waals surface area contributed by atoms with Gasteiger partial charge in [-0.05, 0) is 24.3 Å². The molecule has 0 saturated heterocycles. The molecule has 1 rings (SSSR count). The van der Waals surface area contributed by atoms with Gasteiger partial charge >= 0.3 is 5.97 Å². The van der Waals surface area contributed by atoms with Crippen molar-refractivity contribution in [1.82, 2.24) is 0 Å². The Morgan fingerprint density at radius 2 is 1.75 bits per heavy atom. The first-order valence-corrected chi connectivity index (χ1v) is 6.08. The monoisotopic (exact) mass is 244 g/mol. The maximum atomic E-state index is 11.7. The van der Waals surface area contributed by atoms with Crippen LogP contribution in [0.4, 0.5) is 0 Å². The van der Waals surface area contributed by atoms with Gasteiger partial charge in [-0.2, -0.15) is 0 Å². The van der Waals surface area contributed by atoms with Crippen LogP contribution in [0.3, 0.4) is 0 Å². The van der Waals surface area contributed by atoms with E-state index in [0.29, 0.717) is 5.75 Å². The van der Waals surface area contributed by atoms with Crippen molar-refractivity contribution in [3.8, 4) is 5.75 Å². The summed E-state index contributed by atoms with van der Waals surface area (Å²) in [5.41, 5.74) is 0. The molecule has 0 amide bonds. The molecule has 0 saturated carbocycles. The van der Waals surface area contributed by atoms with Crippen molar-refractivity contribution < 1.29 is 22.7 Å². The number of ether oxygens (including phenoxy) is 2. The van der Waals surface area contributed by atoms with Gasteiger partial charge in [-0.15, -0.1) is 0 Å². The molecular formula is C10H12O5S. The van der Waals surface area contributed by atoms with Crippen molar-refractivity contribution in [1.29, 1.82) is 0 Å². The van der Waals surface area contributed by atoms with Gasteiger partial charge in [0.25, 0.3) is 0 Å². The van der Waals surface area contributed by atoms with Crippen LogP contribution < -0.4 is 4.74 Å². The Hall–Kier alpha value is -1.56. The second kappa shape index (κ2) is 4.98. The van der Waals surface area contributed by atoms with E-state index in [1.54, 1.807) is 0 Å². The third-order valence-corrected chi connectivity index (χ3v) is 3.56. The minimum absolute atomic E-state index is 0.0682. The highest BCUT2D eigenvalue weighted by Gasteiger charge is 2.19. The smallest absolute Gasteiger partial charge is 0.321 e. The molecule has 0 atom stereocenters. The lowest BCUT2D eigenvalue weighted by Crippen LogP contribution is -2.17. The summed E-state index contributed by atoms with van der Waals surface area (Å²) in [4.78, 5) is 11.0. The van der Waals surface area contributed by atoms with Crippen molar-refractivity contribution in [2.24, 2.45) is 0 Å². The van der Waals surface area contributed by atoms with E-state index in [1.165, 1.54) is 31.4 Å². The molecule has 6 heteroatoms. The van der Waals surface area contributed by atoms with Crippen molar-refractivity contribution >= 4 is 15.8 Å². The van der Waals surface area contributed by atoms with Gasteiger partial charge in [-0.3, -0.25) is 4.79 Å². The maximum Gasteiger partial charge on any atom is 0.321 e. The number of esters is 1. The van der Waals surface area contributed by atoms with Crippen LogP contribution in [-0.2, 0) is 19.4 Å². The van der Waals surface area contributed by atoms with Gasteiger partial charge in [0.2, 0.25) is 0 Å². The van der Waals surface area contributed by atoms with Gasteiger partial charge in [-0.1, -0.05) is 0 Å². The van der Waals surface area contributed by atoms with Crippen LogP contribution in [0.1, 0.15) is 0 Å². The summed E-state index contributed by atoms with van der Waals surface area (Å²) in [5.74, 6) is -0.886. The third-order valence-electron chi connectivity index (χ3n) is 1.95. The van der Waals surface area contributed by atoms with Gasteiger partial charge in [0.05, 0.1) is 19.1 Å². The minimum atomic E-state index is -3.63. The molecule has 0 aromatic heterocycles. The number of benzene rings is 1. The normalized spacial score (nSPS) is 10.9. The minimum Gasteiger partial charge on any atom is -0.497 e. The molecule has 1 aromatic rings. The predicted octanol–water partition coefficient (Wildman–Crippen LogP) is 0.642. The summed E-state index contributed by atoms with van der Waals surface area (Å²) in [6.45, 7) is 0. The fraction of sp³-hybridized carbons (Fsp3) is 0.300.